The van der Waals surface area contributed by atoms with E-state index < -0.39 is 5.41 Å². The van der Waals surface area contributed by atoms with Crippen molar-refractivity contribution in [1.29, 1.82) is 5.26 Å². The van der Waals surface area contributed by atoms with Gasteiger partial charge in [0.2, 0.25) is 0 Å². The topological polar surface area (TPSA) is 44.0 Å². The first-order valence-electron chi connectivity index (χ1n) is 4.29. The molecule has 74 valence electrons. The molecule has 0 radical (unpaired) electrons. The lowest BCUT2D eigenvalue weighted by Crippen LogP contribution is -2.14. The number of phenolic OH excluding ortho intramolecular Hbond substituents is 1. The lowest BCUT2D eigenvalue weighted by molar-refractivity contribution is 0.456. The fraction of sp³-hybridized carbons (Fsp3) is 0.364. The summed E-state index contributed by atoms with van der Waals surface area (Å²) in [5, 5.41) is 19.2. The first-order chi connectivity index (χ1) is 6.38. The third-order valence-electron chi connectivity index (χ3n) is 2.23. The average molecular weight is 210 g/mol. The van der Waals surface area contributed by atoms with Gasteiger partial charge in [-0.2, -0.15) is 5.26 Å². The Kier molecular flexibility index (Phi) is 2.73. The highest BCUT2D eigenvalue weighted by molar-refractivity contribution is 6.31. The van der Waals surface area contributed by atoms with E-state index in [-0.39, 0.29) is 5.75 Å². The summed E-state index contributed by atoms with van der Waals surface area (Å²) in [4.78, 5) is 0. The van der Waals surface area contributed by atoms with Crippen molar-refractivity contribution in [3.63, 3.8) is 0 Å². The maximum absolute atomic E-state index is 9.67. The number of aryl methyl sites for hydroxylation is 1. The van der Waals surface area contributed by atoms with Gasteiger partial charge in [0, 0.05) is 10.6 Å². The van der Waals surface area contributed by atoms with E-state index in [4.69, 9.17) is 16.9 Å². The summed E-state index contributed by atoms with van der Waals surface area (Å²) in [6.07, 6.45) is 0. The number of hydrogen-bond donors (Lipinski definition) is 1. The van der Waals surface area contributed by atoms with Gasteiger partial charge in [0.05, 0.1) is 11.5 Å². The van der Waals surface area contributed by atoms with E-state index in [0.717, 1.165) is 5.56 Å². The molecule has 0 unspecified atom stereocenters. The van der Waals surface area contributed by atoms with Crippen LogP contribution < -0.4 is 0 Å². The summed E-state index contributed by atoms with van der Waals surface area (Å²) in [7, 11) is 0. The number of nitriles is 1. The molecule has 0 aliphatic rings. The maximum atomic E-state index is 9.67. The van der Waals surface area contributed by atoms with Crippen LogP contribution in [-0.2, 0) is 5.41 Å². The molecule has 1 N–H and O–H groups in total. The molecular weight excluding hydrogens is 198 g/mol. The number of halogens is 1. The van der Waals surface area contributed by atoms with Gasteiger partial charge < -0.3 is 5.11 Å². The Bertz CT molecular complexity index is 404. The summed E-state index contributed by atoms with van der Waals surface area (Å²) in [5.41, 5.74) is 0.652. The quantitative estimate of drug-likeness (QED) is 0.772. The minimum Gasteiger partial charge on any atom is -0.508 e. The molecule has 0 saturated heterocycles. The van der Waals surface area contributed by atoms with Gasteiger partial charge in [-0.15, -0.1) is 0 Å². The fourth-order valence-electron chi connectivity index (χ4n) is 1.23. The van der Waals surface area contributed by atoms with E-state index in [2.05, 4.69) is 6.07 Å². The van der Waals surface area contributed by atoms with Gasteiger partial charge >= 0.3 is 0 Å². The van der Waals surface area contributed by atoms with Crippen LogP contribution in [0.15, 0.2) is 12.1 Å². The second-order valence-corrected chi connectivity index (χ2v) is 4.26. The molecule has 14 heavy (non-hydrogen) atoms. The summed E-state index contributed by atoms with van der Waals surface area (Å²) in [6, 6.07) is 5.35. The molecule has 0 aliphatic carbocycles. The highest BCUT2D eigenvalue weighted by atomic mass is 35.5. The van der Waals surface area contributed by atoms with E-state index in [0.29, 0.717) is 10.6 Å². The van der Waals surface area contributed by atoms with Crippen molar-refractivity contribution in [2.75, 3.05) is 0 Å². The Morgan fingerprint density at radius 2 is 2.00 bits per heavy atom. The van der Waals surface area contributed by atoms with Gasteiger partial charge in [-0.05, 0) is 38.5 Å². The Morgan fingerprint density at radius 3 is 2.50 bits per heavy atom. The molecule has 1 aromatic carbocycles. The molecule has 1 rings (SSSR count). The van der Waals surface area contributed by atoms with Crippen LogP contribution >= 0.6 is 11.6 Å². The Balaban J connectivity index is 3.38. The minimum absolute atomic E-state index is 0.124. The molecule has 1 aromatic rings. The Labute approximate surface area is 88.7 Å². The van der Waals surface area contributed by atoms with Gasteiger partial charge in [0.1, 0.15) is 5.75 Å². The van der Waals surface area contributed by atoms with Crippen LogP contribution in [0.25, 0.3) is 0 Å². The normalized spacial score (nSPS) is 11.1. The number of hydrogen-bond acceptors (Lipinski definition) is 2. The summed E-state index contributed by atoms with van der Waals surface area (Å²) >= 11 is 5.93. The van der Waals surface area contributed by atoms with Crippen LogP contribution in [0.4, 0.5) is 0 Å². The zero-order valence-electron chi connectivity index (χ0n) is 8.43. The molecule has 3 heteroatoms. The van der Waals surface area contributed by atoms with Crippen LogP contribution in [0.3, 0.4) is 0 Å². The van der Waals surface area contributed by atoms with Crippen molar-refractivity contribution in [3.8, 4) is 11.8 Å². The number of nitrogens with zero attached hydrogens (tertiary/aromatic N) is 1. The predicted octanol–water partition coefficient (Wildman–Crippen LogP) is 3.16. The van der Waals surface area contributed by atoms with Gasteiger partial charge in [0.15, 0.2) is 0 Å². The SMILES string of the molecule is Cc1cc(O)c(C(C)(C)C#N)cc1Cl. The maximum Gasteiger partial charge on any atom is 0.120 e. The van der Waals surface area contributed by atoms with E-state index >= 15 is 0 Å². The number of phenols is 1. The average Bonchev–Trinajstić information content (AvgIpc) is 2.11. The monoisotopic (exact) mass is 209 g/mol. The largest absolute Gasteiger partial charge is 0.508 e. The van der Waals surface area contributed by atoms with E-state index in [9.17, 15) is 5.11 Å². The van der Waals surface area contributed by atoms with E-state index in [1.54, 1.807) is 26.0 Å². The molecular formula is C11H12ClNO. The van der Waals surface area contributed by atoms with Gasteiger partial charge in [-0.3, -0.25) is 0 Å². The van der Waals surface area contributed by atoms with Gasteiger partial charge in [-0.25, -0.2) is 0 Å². The van der Waals surface area contributed by atoms with Crippen molar-refractivity contribution in [1.82, 2.24) is 0 Å². The fourth-order valence-corrected chi connectivity index (χ4v) is 1.39. The molecule has 0 fully saturated rings. The smallest absolute Gasteiger partial charge is 0.120 e. The van der Waals surface area contributed by atoms with Gasteiger partial charge in [-0.1, -0.05) is 11.6 Å². The molecule has 0 amide bonds. The molecule has 0 bridgehead atoms. The molecule has 0 spiro atoms. The molecule has 2 nitrogen and oxygen atoms in total. The standard InChI is InChI=1S/C11H12ClNO/c1-7-4-10(14)8(5-9(7)12)11(2,3)6-13/h4-5,14H,1-3H3. The minimum atomic E-state index is -0.721. The van der Waals surface area contributed by atoms with Crippen molar-refractivity contribution >= 4 is 11.6 Å². The predicted molar refractivity (Wildman–Crippen MR) is 56.5 cm³/mol. The summed E-state index contributed by atoms with van der Waals surface area (Å²) in [6.45, 7) is 5.30. The highest BCUT2D eigenvalue weighted by Gasteiger charge is 2.24. The van der Waals surface area contributed by atoms with Crippen molar-refractivity contribution in [3.05, 3.63) is 28.3 Å². The van der Waals surface area contributed by atoms with Crippen LogP contribution in [-0.4, -0.2) is 5.11 Å². The zero-order valence-corrected chi connectivity index (χ0v) is 9.18. The van der Waals surface area contributed by atoms with Crippen LogP contribution in [0.1, 0.15) is 25.0 Å². The first-order valence-corrected chi connectivity index (χ1v) is 4.67. The van der Waals surface area contributed by atoms with E-state index in [1.165, 1.54) is 0 Å². The van der Waals surface area contributed by atoms with Crippen LogP contribution in [0, 0.1) is 18.3 Å². The lowest BCUT2D eigenvalue weighted by atomic mass is 9.85. The summed E-state index contributed by atoms with van der Waals surface area (Å²) in [5.74, 6) is 0.124. The Morgan fingerprint density at radius 1 is 1.43 bits per heavy atom. The number of aromatic hydroxyl groups is 1. The van der Waals surface area contributed by atoms with Gasteiger partial charge in [0.25, 0.3) is 0 Å². The molecule has 0 aromatic heterocycles. The second-order valence-electron chi connectivity index (χ2n) is 3.86. The van der Waals surface area contributed by atoms with Crippen LogP contribution in [0.5, 0.6) is 5.75 Å². The number of benzene rings is 1. The van der Waals surface area contributed by atoms with Crippen molar-refractivity contribution in [2.45, 2.75) is 26.2 Å². The highest BCUT2D eigenvalue weighted by Crippen LogP contribution is 2.34. The third kappa shape index (κ3) is 1.83. The Hall–Kier alpha value is -1.20. The van der Waals surface area contributed by atoms with Crippen molar-refractivity contribution in [2.24, 2.45) is 0 Å². The zero-order chi connectivity index (χ0) is 10.9. The van der Waals surface area contributed by atoms with E-state index in [1.807, 2.05) is 6.92 Å². The summed E-state index contributed by atoms with van der Waals surface area (Å²) < 4.78 is 0. The first kappa shape index (κ1) is 10.9. The molecule has 0 saturated carbocycles. The van der Waals surface area contributed by atoms with Crippen LogP contribution in [0.2, 0.25) is 5.02 Å². The molecule has 0 atom stereocenters. The second kappa shape index (κ2) is 3.51. The lowest BCUT2D eigenvalue weighted by Gasteiger charge is -2.18. The molecule has 0 heterocycles. The third-order valence-corrected chi connectivity index (χ3v) is 2.64. The molecule has 0 aliphatic heterocycles. The van der Waals surface area contributed by atoms with Crippen molar-refractivity contribution < 1.29 is 5.11 Å². The number of rotatable bonds is 1.